The standard InChI is InChI=1S/C14H16N2O/c15-9-1-3-12-5-7-13(8-6-12)11-16-10-2-4-14(16)17/h5-8H,2,4,9-11,15H2. The van der Waals surface area contributed by atoms with Crippen LogP contribution in [0.15, 0.2) is 24.3 Å². The fourth-order valence-electron chi connectivity index (χ4n) is 1.94. The van der Waals surface area contributed by atoms with Crippen molar-refractivity contribution in [3.05, 3.63) is 35.4 Å². The first-order chi connectivity index (χ1) is 8.29. The van der Waals surface area contributed by atoms with Crippen LogP contribution in [0.5, 0.6) is 0 Å². The number of nitrogens with zero attached hydrogens (tertiary/aromatic N) is 1. The third-order valence-corrected chi connectivity index (χ3v) is 2.83. The Bertz CT molecular complexity index is 453. The number of carbonyl (C=O) groups is 1. The molecule has 1 aliphatic heterocycles. The second kappa shape index (κ2) is 5.51. The van der Waals surface area contributed by atoms with E-state index < -0.39 is 0 Å². The molecule has 1 aliphatic rings. The smallest absolute Gasteiger partial charge is 0.222 e. The number of benzene rings is 1. The number of amides is 1. The number of carbonyl (C=O) groups excluding carboxylic acids is 1. The lowest BCUT2D eigenvalue weighted by molar-refractivity contribution is -0.128. The molecule has 1 fully saturated rings. The summed E-state index contributed by atoms with van der Waals surface area (Å²) in [5.74, 6) is 6.06. The summed E-state index contributed by atoms with van der Waals surface area (Å²) < 4.78 is 0. The number of nitrogens with two attached hydrogens (primary N) is 1. The van der Waals surface area contributed by atoms with Crippen molar-refractivity contribution >= 4 is 5.91 Å². The minimum atomic E-state index is 0.261. The van der Waals surface area contributed by atoms with Gasteiger partial charge in [0, 0.05) is 25.1 Å². The van der Waals surface area contributed by atoms with Gasteiger partial charge >= 0.3 is 0 Å². The maximum atomic E-state index is 11.5. The van der Waals surface area contributed by atoms with Gasteiger partial charge in [0.05, 0.1) is 6.54 Å². The first-order valence-electron chi connectivity index (χ1n) is 5.85. The van der Waals surface area contributed by atoms with Gasteiger partial charge in [-0.15, -0.1) is 0 Å². The maximum Gasteiger partial charge on any atom is 0.222 e. The molecule has 1 saturated heterocycles. The Morgan fingerprint density at radius 1 is 1.29 bits per heavy atom. The van der Waals surface area contributed by atoms with Gasteiger partial charge < -0.3 is 10.6 Å². The molecule has 0 saturated carbocycles. The fourth-order valence-corrected chi connectivity index (χ4v) is 1.94. The van der Waals surface area contributed by atoms with Crippen LogP contribution in [0.25, 0.3) is 0 Å². The van der Waals surface area contributed by atoms with Crippen LogP contribution in [0, 0.1) is 11.8 Å². The molecule has 2 N–H and O–H groups in total. The molecule has 1 aromatic rings. The molecule has 0 aromatic heterocycles. The van der Waals surface area contributed by atoms with Gasteiger partial charge in [-0.3, -0.25) is 4.79 Å². The summed E-state index contributed by atoms with van der Waals surface area (Å²) >= 11 is 0. The zero-order chi connectivity index (χ0) is 12.1. The molecule has 3 nitrogen and oxygen atoms in total. The van der Waals surface area contributed by atoms with E-state index in [1.54, 1.807) is 0 Å². The minimum Gasteiger partial charge on any atom is -0.338 e. The fraction of sp³-hybridized carbons (Fsp3) is 0.357. The number of hydrogen-bond donors (Lipinski definition) is 1. The molecule has 88 valence electrons. The highest BCUT2D eigenvalue weighted by Gasteiger charge is 2.19. The molecule has 1 heterocycles. The largest absolute Gasteiger partial charge is 0.338 e. The summed E-state index contributed by atoms with van der Waals surface area (Å²) in [6.45, 7) is 1.97. The Morgan fingerprint density at radius 2 is 2.06 bits per heavy atom. The van der Waals surface area contributed by atoms with Crippen molar-refractivity contribution in [2.24, 2.45) is 5.73 Å². The minimum absolute atomic E-state index is 0.261. The zero-order valence-electron chi connectivity index (χ0n) is 9.78. The van der Waals surface area contributed by atoms with Crippen LogP contribution in [0.4, 0.5) is 0 Å². The van der Waals surface area contributed by atoms with Gasteiger partial charge in [-0.1, -0.05) is 24.0 Å². The van der Waals surface area contributed by atoms with Crippen LogP contribution in [-0.2, 0) is 11.3 Å². The number of likely N-dealkylation sites (tertiary alicyclic amines) is 1. The SMILES string of the molecule is NCC#Cc1ccc(CN2CCCC2=O)cc1. The molecule has 0 aliphatic carbocycles. The van der Waals surface area contributed by atoms with E-state index >= 15 is 0 Å². The number of hydrogen-bond acceptors (Lipinski definition) is 2. The summed E-state index contributed by atoms with van der Waals surface area (Å²) in [5.41, 5.74) is 7.43. The van der Waals surface area contributed by atoms with Gasteiger partial charge in [-0.25, -0.2) is 0 Å². The molecule has 3 heteroatoms. The third-order valence-electron chi connectivity index (χ3n) is 2.83. The van der Waals surface area contributed by atoms with E-state index in [1.807, 2.05) is 29.2 Å². The van der Waals surface area contributed by atoms with E-state index in [2.05, 4.69) is 11.8 Å². The van der Waals surface area contributed by atoms with Crippen molar-refractivity contribution in [1.29, 1.82) is 0 Å². The lowest BCUT2D eigenvalue weighted by atomic mass is 10.1. The highest BCUT2D eigenvalue weighted by atomic mass is 16.2. The predicted octanol–water partition coefficient (Wildman–Crippen LogP) is 1.12. The quantitative estimate of drug-likeness (QED) is 0.771. The third kappa shape index (κ3) is 3.08. The molecular formula is C14H16N2O. The normalized spacial score (nSPS) is 14.6. The summed E-state index contributed by atoms with van der Waals surface area (Å²) in [7, 11) is 0. The van der Waals surface area contributed by atoms with Crippen LogP contribution < -0.4 is 5.73 Å². The molecule has 0 bridgehead atoms. The molecule has 17 heavy (non-hydrogen) atoms. The topological polar surface area (TPSA) is 46.3 Å². The lowest BCUT2D eigenvalue weighted by Crippen LogP contribution is -2.23. The second-order valence-corrected chi connectivity index (χ2v) is 4.12. The molecule has 0 radical (unpaired) electrons. The van der Waals surface area contributed by atoms with E-state index in [0.29, 0.717) is 19.5 Å². The van der Waals surface area contributed by atoms with Crippen LogP contribution in [-0.4, -0.2) is 23.9 Å². The average molecular weight is 228 g/mol. The summed E-state index contributed by atoms with van der Waals surface area (Å²) in [6.07, 6.45) is 1.68. The maximum absolute atomic E-state index is 11.5. The summed E-state index contributed by atoms with van der Waals surface area (Å²) in [6, 6.07) is 7.98. The molecule has 0 unspecified atom stereocenters. The number of rotatable bonds is 2. The molecular weight excluding hydrogens is 212 g/mol. The first-order valence-corrected chi connectivity index (χ1v) is 5.85. The Hall–Kier alpha value is -1.79. The van der Waals surface area contributed by atoms with Crippen LogP contribution in [0.2, 0.25) is 0 Å². The molecule has 0 atom stereocenters. The van der Waals surface area contributed by atoms with Gasteiger partial charge in [0.25, 0.3) is 0 Å². The molecule has 0 spiro atoms. The Labute approximate surface area is 102 Å². The first kappa shape index (κ1) is 11.7. The van der Waals surface area contributed by atoms with Gasteiger partial charge in [0.15, 0.2) is 0 Å². The van der Waals surface area contributed by atoms with Crippen molar-refractivity contribution in [3.63, 3.8) is 0 Å². The van der Waals surface area contributed by atoms with E-state index in [0.717, 1.165) is 24.1 Å². The van der Waals surface area contributed by atoms with Crippen LogP contribution >= 0.6 is 0 Å². The van der Waals surface area contributed by atoms with Crippen molar-refractivity contribution in [2.45, 2.75) is 19.4 Å². The van der Waals surface area contributed by atoms with Crippen LogP contribution in [0.1, 0.15) is 24.0 Å². The molecule has 1 aromatic carbocycles. The predicted molar refractivity (Wildman–Crippen MR) is 67.0 cm³/mol. The van der Waals surface area contributed by atoms with E-state index in [9.17, 15) is 4.79 Å². The van der Waals surface area contributed by atoms with Crippen molar-refractivity contribution in [2.75, 3.05) is 13.1 Å². The molecule has 1 amide bonds. The van der Waals surface area contributed by atoms with E-state index in [-0.39, 0.29) is 5.91 Å². The van der Waals surface area contributed by atoms with Crippen molar-refractivity contribution in [3.8, 4) is 11.8 Å². The summed E-state index contributed by atoms with van der Waals surface area (Å²) in [5, 5.41) is 0. The summed E-state index contributed by atoms with van der Waals surface area (Å²) in [4.78, 5) is 13.4. The van der Waals surface area contributed by atoms with E-state index in [4.69, 9.17) is 5.73 Å². The second-order valence-electron chi connectivity index (χ2n) is 4.12. The lowest BCUT2D eigenvalue weighted by Gasteiger charge is -2.15. The van der Waals surface area contributed by atoms with Gasteiger partial charge in [-0.05, 0) is 24.1 Å². The highest BCUT2D eigenvalue weighted by molar-refractivity contribution is 5.78. The van der Waals surface area contributed by atoms with E-state index in [1.165, 1.54) is 0 Å². The highest BCUT2D eigenvalue weighted by Crippen LogP contribution is 2.14. The Morgan fingerprint density at radius 3 is 2.65 bits per heavy atom. The van der Waals surface area contributed by atoms with Crippen molar-refractivity contribution in [1.82, 2.24) is 4.90 Å². The zero-order valence-corrected chi connectivity index (χ0v) is 9.78. The van der Waals surface area contributed by atoms with Crippen LogP contribution in [0.3, 0.4) is 0 Å². The van der Waals surface area contributed by atoms with Gasteiger partial charge in [0.2, 0.25) is 5.91 Å². The average Bonchev–Trinajstić information content (AvgIpc) is 2.74. The van der Waals surface area contributed by atoms with Gasteiger partial charge in [-0.2, -0.15) is 0 Å². The Kier molecular flexibility index (Phi) is 3.79. The molecule has 2 rings (SSSR count). The van der Waals surface area contributed by atoms with Crippen molar-refractivity contribution < 1.29 is 4.79 Å². The Balaban J connectivity index is 2.00. The monoisotopic (exact) mass is 228 g/mol. The van der Waals surface area contributed by atoms with Gasteiger partial charge in [0.1, 0.15) is 0 Å².